The van der Waals surface area contributed by atoms with Crippen LogP contribution >= 0.6 is 0 Å². The molecule has 0 saturated carbocycles. The zero-order chi connectivity index (χ0) is 15.9. The van der Waals surface area contributed by atoms with E-state index in [0.29, 0.717) is 6.04 Å². The minimum Gasteiger partial charge on any atom is -0.383 e. The van der Waals surface area contributed by atoms with Crippen molar-refractivity contribution in [2.75, 3.05) is 66.6 Å². The van der Waals surface area contributed by atoms with Gasteiger partial charge >= 0.3 is 0 Å². The quantitative estimate of drug-likeness (QED) is 0.716. The van der Waals surface area contributed by atoms with Crippen molar-refractivity contribution < 1.29 is 4.74 Å². The summed E-state index contributed by atoms with van der Waals surface area (Å²) in [5.74, 6) is 1.69. The zero-order valence-electron chi connectivity index (χ0n) is 15.3. The molecule has 0 aromatic carbocycles. The molecule has 0 amide bonds. The first-order chi connectivity index (χ1) is 10.6. The van der Waals surface area contributed by atoms with Gasteiger partial charge in [0, 0.05) is 39.3 Å². The van der Waals surface area contributed by atoms with E-state index < -0.39 is 0 Å². The second-order valence-corrected chi connectivity index (χ2v) is 7.83. The summed E-state index contributed by atoms with van der Waals surface area (Å²) in [7, 11) is 4.09. The molecule has 2 fully saturated rings. The van der Waals surface area contributed by atoms with Gasteiger partial charge < -0.3 is 14.5 Å². The number of piperidine rings is 1. The summed E-state index contributed by atoms with van der Waals surface area (Å²) in [5.41, 5.74) is 0. The zero-order valence-corrected chi connectivity index (χ0v) is 15.3. The van der Waals surface area contributed by atoms with Gasteiger partial charge in [-0.2, -0.15) is 0 Å². The van der Waals surface area contributed by atoms with E-state index >= 15 is 0 Å². The first kappa shape index (κ1) is 18.2. The molecule has 2 aliphatic heterocycles. The first-order valence-corrected chi connectivity index (χ1v) is 9.22. The number of likely N-dealkylation sites (tertiary alicyclic amines) is 1. The Balaban J connectivity index is 1.73. The van der Waals surface area contributed by atoms with E-state index in [2.05, 4.69) is 35.6 Å². The summed E-state index contributed by atoms with van der Waals surface area (Å²) >= 11 is 0. The molecule has 22 heavy (non-hydrogen) atoms. The van der Waals surface area contributed by atoms with Gasteiger partial charge in [-0.25, -0.2) is 0 Å². The average Bonchev–Trinajstić information content (AvgIpc) is 2.49. The van der Waals surface area contributed by atoms with Crippen molar-refractivity contribution in [2.24, 2.45) is 11.8 Å². The lowest BCUT2D eigenvalue weighted by Gasteiger charge is -2.42. The molecule has 0 N–H and O–H groups in total. The lowest BCUT2D eigenvalue weighted by molar-refractivity contribution is 0.0166. The van der Waals surface area contributed by atoms with Gasteiger partial charge in [0.15, 0.2) is 0 Å². The van der Waals surface area contributed by atoms with Crippen molar-refractivity contribution in [1.82, 2.24) is 14.7 Å². The number of rotatable bonds is 7. The predicted molar refractivity (Wildman–Crippen MR) is 93.4 cm³/mol. The fraction of sp³-hybridized carbons (Fsp3) is 1.00. The van der Waals surface area contributed by atoms with Crippen molar-refractivity contribution >= 4 is 0 Å². The molecule has 0 bridgehead atoms. The molecule has 1 atom stereocenters. The molecule has 0 aliphatic carbocycles. The standard InChI is InChI=1S/C18H37N3O/c1-16(2)13-21-12-11-20(14-18(21)15-22-4)10-7-17-5-8-19(3)9-6-17/h16-18H,5-15H2,1-4H3. The lowest BCUT2D eigenvalue weighted by atomic mass is 9.93. The van der Waals surface area contributed by atoms with E-state index in [0.717, 1.165) is 18.4 Å². The van der Waals surface area contributed by atoms with Crippen molar-refractivity contribution in [1.29, 1.82) is 0 Å². The van der Waals surface area contributed by atoms with E-state index in [1.54, 1.807) is 0 Å². The Kier molecular flexibility index (Phi) is 7.61. The van der Waals surface area contributed by atoms with Gasteiger partial charge in [-0.3, -0.25) is 4.90 Å². The van der Waals surface area contributed by atoms with Gasteiger partial charge in [0.1, 0.15) is 0 Å². The summed E-state index contributed by atoms with van der Waals surface area (Å²) in [6.07, 6.45) is 4.17. The topological polar surface area (TPSA) is 19.0 Å². The molecule has 4 nitrogen and oxygen atoms in total. The monoisotopic (exact) mass is 311 g/mol. The molecule has 0 aromatic rings. The molecule has 2 heterocycles. The van der Waals surface area contributed by atoms with Crippen LogP contribution in [0.4, 0.5) is 0 Å². The van der Waals surface area contributed by atoms with Gasteiger partial charge in [-0.1, -0.05) is 13.8 Å². The Morgan fingerprint density at radius 1 is 1.09 bits per heavy atom. The maximum atomic E-state index is 5.47. The molecule has 2 aliphatic rings. The number of methoxy groups -OCH3 is 1. The molecule has 1 unspecified atom stereocenters. The molecule has 0 radical (unpaired) electrons. The van der Waals surface area contributed by atoms with Crippen LogP contribution in [0, 0.1) is 11.8 Å². The Labute approximate surface area is 137 Å². The molecular formula is C18H37N3O. The molecule has 2 rings (SSSR count). The van der Waals surface area contributed by atoms with Crippen LogP contribution in [-0.2, 0) is 4.74 Å². The highest BCUT2D eigenvalue weighted by molar-refractivity contribution is 4.83. The van der Waals surface area contributed by atoms with E-state index in [1.807, 2.05) is 7.11 Å². The van der Waals surface area contributed by atoms with Crippen molar-refractivity contribution in [3.8, 4) is 0 Å². The Bertz CT molecular complexity index is 303. The number of ether oxygens (including phenoxy) is 1. The SMILES string of the molecule is COCC1CN(CCC2CCN(C)CC2)CCN1CC(C)C. The number of piperazine rings is 1. The van der Waals surface area contributed by atoms with Crippen LogP contribution in [0.3, 0.4) is 0 Å². The molecule has 4 heteroatoms. The minimum atomic E-state index is 0.582. The summed E-state index contributed by atoms with van der Waals surface area (Å²) in [6.45, 7) is 14.2. The number of hydrogen-bond acceptors (Lipinski definition) is 4. The summed E-state index contributed by atoms with van der Waals surface area (Å²) in [6, 6.07) is 0.582. The van der Waals surface area contributed by atoms with E-state index in [4.69, 9.17) is 4.74 Å². The third-order valence-corrected chi connectivity index (χ3v) is 5.34. The highest BCUT2D eigenvalue weighted by atomic mass is 16.5. The average molecular weight is 312 g/mol. The third-order valence-electron chi connectivity index (χ3n) is 5.34. The van der Waals surface area contributed by atoms with Crippen LogP contribution in [0.25, 0.3) is 0 Å². The summed E-state index contributed by atoms with van der Waals surface area (Å²) in [4.78, 5) is 7.79. The highest BCUT2D eigenvalue weighted by Gasteiger charge is 2.27. The van der Waals surface area contributed by atoms with Crippen molar-refractivity contribution in [3.63, 3.8) is 0 Å². The maximum Gasteiger partial charge on any atom is 0.0630 e. The van der Waals surface area contributed by atoms with E-state index in [9.17, 15) is 0 Å². The maximum absolute atomic E-state index is 5.47. The Hall–Kier alpha value is -0.160. The normalized spacial score (nSPS) is 26.9. The predicted octanol–water partition coefficient (Wildman–Crippen LogP) is 2.01. The second kappa shape index (κ2) is 9.21. The minimum absolute atomic E-state index is 0.582. The van der Waals surface area contributed by atoms with Crippen molar-refractivity contribution in [3.05, 3.63) is 0 Å². The summed E-state index contributed by atoms with van der Waals surface area (Å²) in [5, 5.41) is 0. The van der Waals surface area contributed by atoms with Crippen LogP contribution in [0.2, 0.25) is 0 Å². The van der Waals surface area contributed by atoms with Gasteiger partial charge in [0.2, 0.25) is 0 Å². The molecule has 2 saturated heterocycles. The fourth-order valence-electron chi connectivity index (χ4n) is 3.94. The van der Waals surface area contributed by atoms with Crippen LogP contribution < -0.4 is 0 Å². The second-order valence-electron chi connectivity index (χ2n) is 7.83. The largest absolute Gasteiger partial charge is 0.383 e. The summed E-state index contributed by atoms with van der Waals surface area (Å²) < 4.78 is 5.47. The Morgan fingerprint density at radius 3 is 2.45 bits per heavy atom. The molecule has 130 valence electrons. The smallest absolute Gasteiger partial charge is 0.0630 e. The van der Waals surface area contributed by atoms with Crippen LogP contribution in [-0.4, -0.2) is 87.3 Å². The molecule has 0 aromatic heterocycles. The van der Waals surface area contributed by atoms with E-state index in [1.165, 1.54) is 65.1 Å². The first-order valence-electron chi connectivity index (χ1n) is 9.22. The van der Waals surface area contributed by atoms with Gasteiger partial charge in [0.05, 0.1) is 6.61 Å². The van der Waals surface area contributed by atoms with Crippen molar-refractivity contribution in [2.45, 2.75) is 39.2 Å². The third kappa shape index (κ3) is 5.80. The van der Waals surface area contributed by atoms with Gasteiger partial charge in [-0.05, 0) is 57.8 Å². The van der Waals surface area contributed by atoms with Crippen LogP contribution in [0.15, 0.2) is 0 Å². The molecular weight excluding hydrogens is 274 g/mol. The van der Waals surface area contributed by atoms with Crippen LogP contribution in [0.5, 0.6) is 0 Å². The lowest BCUT2D eigenvalue weighted by Crippen LogP contribution is -2.55. The van der Waals surface area contributed by atoms with Gasteiger partial charge in [0.25, 0.3) is 0 Å². The number of nitrogens with zero attached hydrogens (tertiary/aromatic N) is 3. The van der Waals surface area contributed by atoms with Crippen LogP contribution in [0.1, 0.15) is 33.1 Å². The Morgan fingerprint density at radius 2 is 1.82 bits per heavy atom. The number of hydrogen-bond donors (Lipinski definition) is 0. The van der Waals surface area contributed by atoms with E-state index in [-0.39, 0.29) is 0 Å². The fourth-order valence-corrected chi connectivity index (χ4v) is 3.94. The van der Waals surface area contributed by atoms with Gasteiger partial charge in [-0.15, -0.1) is 0 Å². The molecule has 0 spiro atoms. The highest BCUT2D eigenvalue weighted by Crippen LogP contribution is 2.21.